The molecule has 0 spiro atoms. The lowest BCUT2D eigenvalue weighted by Crippen LogP contribution is -2.37. The first-order chi connectivity index (χ1) is 28.1. The van der Waals surface area contributed by atoms with Gasteiger partial charge >= 0.3 is 13.8 Å². The summed E-state index contributed by atoms with van der Waals surface area (Å²) >= 11 is 0. The number of allylic oxidation sites excluding steroid dienone is 2. The Labute approximate surface area is 360 Å². The van der Waals surface area contributed by atoms with E-state index in [0.29, 0.717) is 24.1 Å². The van der Waals surface area contributed by atoms with Crippen LogP contribution in [0.3, 0.4) is 0 Å². The fourth-order valence-electron chi connectivity index (χ4n) is 7.20. The number of hydrogen-bond acceptors (Lipinski definition) is 6. The molecule has 0 rings (SSSR count). The Bertz CT molecular complexity index is 940. The maximum Gasteiger partial charge on any atom is 0.472 e. The maximum absolute atomic E-state index is 12.7. The summed E-state index contributed by atoms with van der Waals surface area (Å²) < 4.78 is 35.0. The van der Waals surface area contributed by atoms with Crippen molar-refractivity contribution in [1.29, 1.82) is 0 Å². The van der Waals surface area contributed by atoms with Gasteiger partial charge in [-0.25, -0.2) is 4.57 Å². The fraction of sp³-hybridized carbons (Fsp3) is 0.939. The molecule has 0 radical (unpaired) electrons. The van der Waals surface area contributed by atoms with E-state index in [4.69, 9.17) is 18.5 Å². The van der Waals surface area contributed by atoms with Crippen molar-refractivity contribution in [2.45, 2.75) is 245 Å². The number of carbonyl (C=O) groups excluding carboxylic acids is 1. The predicted molar refractivity (Wildman–Crippen MR) is 247 cm³/mol. The molecular weight excluding hydrogens is 746 g/mol. The summed E-state index contributed by atoms with van der Waals surface area (Å²) in [4.78, 5) is 22.9. The van der Waals surface area contributed by atoms with Gasteiger partial charge in [0, 0.05) is 13.0 Å². The number of phosphoric ester groups is 1. The number of phosphoric acid groups is 1. The van der Waals surface area contributed by atoms with Gasteiger partial charge in [-0.05, 0) is 38.5 Å². The summed E-state index contributed by atoms with van der Waals surface area (Å²) in [6, 6.07) is 0. The van der Waals surface area contributed by atoms with Crippen molar-refractivity contribution in [3.63, 3.8) is 0 Å². The molecule has 2 unspecified atom stereocenters. The Morgan fingerprint density at radius 1 is 0.517 bits per heavy atom. The number of hydrogen-bond donors (Lipinski definition) is 1. The molecule has 0 aromatic rings. The summed E-state index contributed by atoms with van der Waals surface area (Å²) in [6.07, 6.45) is 48.3. The predicted octanol–water partition coefficient (Wildman–Crippen LogP) is 15.0. The van der Waals surface area contributed by atoms with Crippen molar-refractivity contribution in [2.24, 2.45) is 0 Å². The zero-order valence-electron chi connectivity index (χ0n) is 39.3. The summed E-state index contributed by atoms with van der Waals surface area (Å²) in [6.45, 7) is 5.67. The molecule has 0 aliphatic carbocycles. The van der Waals surface area contributed by atoms with Crippen LogP contribution in [0.15, 0.2) is 12.2 Å². The lowest BCUT2D eigenvalue weighted by molar-refractivity contribution is -0.870. The van der Waals surface area contributed by atoms with Crippen LogP contribution >= 0.6 is 7.82 Å². The van der Waals surface area contributed by atoms with E-state index in [2.05, 4.69) is 26.0 Å². The van der Waals surface area contributed by atoms with Gasteiger partial charge in [0.2, 0.25) is 0 Å². The lowest BCUT2D eigenvalue weighted by Gasteiger charge is -2.24. The van der Waals surface area contributed by atoms with Crippen LogP contribution in [0.1, 0.15) is 239 Å². The molecule has 0 aromatic heterocycles. The van der Waals surface area contributed by atoms with Gasteiger partial charge in [0.25, 0.3) is 0 Å². The van der Waals surface area contributed by atoms with Gasteiger partial charge in [-0.3, -0.25) is 13.8 Å². The molecular formula is C49H99NO7P+. The van der Waals surface area contributed by atoms with Gasteiger partial charge in [0.1, 0.15) is 19.3 Å². The number of likely N-dealkylation sites (N-methyl/N-ethyl adjacent to an activating group) is 1. The number of quaternary nitrogens is 1. The molecule has 0 aliphatic heterocycles. The molecule has 0 saturated carbocycles. The van der Waals surface area contributed by atoms with Crippen LogP contribution in [0.5, 0.6) is 0 Å². The number of unbranched alkanes of at least 4 members (excludes halogenated alkanes) is 31. The van der Waals surface area contributed by atoms with Gasteiger partial charge in [-0.2, -0.15) is 0 Å². The molecule has 0 heterocycles. The molecule has 1 N–H and O–H groups in total. The second-order valence-electron chi connectivity index (χ2n) is 18.2. The minimum Gasteiger partial charge on any atom is -0.457 e. The molecule has 0 aromatic carbocycles. The average molecular weight is 845 g/mol. The van der Waals surface area contributed by atoms with E-state index in [0.717, 1.165) is 32.1 Å². The van der Waals surface area contributed by atoms with Crippen molar-refractivity contribution in [1.82, 2.24) is 0 Å². The highest BCUT2D eigenvalue weighted by molar-refractivity contribution is 7.47. The molecule has 0 aliphatic rings. The maximum atomic E-state index is 12.7. The monoisotopic (exact) mass is 845 g/mol. The van der Waals surface area contributed by atoms with Gasteiger partial charge in [0.15, 0.2) is 0 Å². The van der Waals surface area contributed by atoms with Gasteiger partial charge < -0.3 is 18.9 Å². The highest BCUT2D eigenvalue weighted by atomic mass is 31.2. The van der Waals surface area contributed by atoms with Crippen LogP contribution in [0, 0.1) is 0 Å². The second-order valence-corrected chi connectivity index (χ2v) is 19.7. The fourth-order valence-corrected chi connectivity index (χ4v) is 7.94. The van der Waals surface area contributed by atoms with Crippen LogP contribution in [0.25, 0.3) is 0 Å². The van der Waals surface area contributed by atoms with Gasteiger partial charge in [0.05, 0.1) is 34.4 Å². The minimum absolute atomic E-state index is 0.0923. The molecule has 0 saturated heterocycles. The van der Waals surface area contributed by atoms with Gasteiger partial charge in [-0.15, -0.1) is 0 Å². The number of carbonyl (C=O) groups is 1. The van der Waals surface area contributed by atoms with E-state index in [1.54, 1.807) is 0 Å². The van der Waals surface area contributed by atoms with Crippen molar-refractivity contribution in [3.8, 4) is 0 Å². The quantitative estimate of drug-likeness (QED) is 0.0214. The lowest BCUT2D eigenvalue weighted by atomic mass is 10.0. The average Bonchev–Trinajstić information content (AvgIpc) is 3.18. The zero-order chi connectivity index (χ0) is 42.7. The Morgan fingerprint density at radius 2 is 0.897 bits per heavy atom. The highest BCUT2D eigenvalue weighted by Crippen LogP contribution is 2.43. The molecule has 0 fully saturated rings. The summed E-state index contributed by atoms with van der Waals surface area (Å²) in [5.74, 6) is -0.309. The second kappa shape index (κ2) is 42.9. The summed E-state index contributed by atoms with van der Waals surface area (Å²) in [5, 5.41) is 0. The molecule has 9 heteroatoms. The largest absolute Gasteiger partial charge is 0.472 e. The third kappa shape index (κ3) is 46.3. The van der Waals surface area contributed by atoms with Crippen molar-refractivity contribution < 1.29 is 37.3 Å². The highest BCUT2D eigenvalue weighted by Gasteiger charge is 2.26. The van der Waals surface area contributed by atoms with Crippen LogP contribution in [-0.2, 0) is 27.9 Å². The Hall–Kier alpha value is -0.760. The van der Waals surface area contributed by atoms with E-state index < -0.39 is 13.9 Å². The third-order valence-corrected chi connectivity index (χ3v) is 12.1. The Balaban J connectivity index is 4.01. The van der Waals surface area contributed by atoms with Crippen LogP contribution < -0.4 is 0 Å². The van der Waals surface area contributed by atoms with Crippen LogP contribution in [0.4, 0.5) is 0 Å². The number of ether oxygens (including phenoxy) is 2. The molecule has 0 amide bonds. The first-order valence-electron chi connectivity index (χ1n) is 24.9. The minimum atomic E-state index is -4.27. The molecule has 0 bridgehead atoms. The Kier molecular flexibility index (Phi) is 42.3. The van der Waals surface area contributed by atoms with E-state index in [1.165, 1.54) is 186 Å². The molecule has 58 heavy (non-hydrogen) atoms. The van der Waals surface area contributed by atoms with Gasteiger partial charge in [-0.1, -0.05) is 206 Å². The Morgan fingerprint density at radius 3 is 1.31 bits per heavy atom. The summed E-state index contributed by atoms with van der Waals surface area (Å²) in [7, 11) is 1.68. The SMILES string of the molecule is CCCCCCCCCC/C=C\CCCCCCCCCCCCCCCC(=O)OC(COCCCCCCCCCCCCC)COP(=O)(O)OCC[N+](C)(C)C. The van der Waals surface area contributed by atoms with E-state index in [-0.39, 0.29) is 25.8 Å². The smallest absolute Gasteiger partial charge is 0.457 e. The summed E-state index contributed by atoms with van der Waals surface area (Å²) in [5.41, 5.74) is 0. The van der Waals surface area contributed by atoms with Crippen molar-refractivity contribution in [3.05, 3.63) is 12.2 Å². The standard InChI is InChI=1S/C49H98NO7P/c1-6-8-10-12-14-16-18-19-20-21-22-23-24-25-26-27-28-29-30-31-32-34-36-38-40-42-49(51)57-48(47-56-58(52,53)55-45-43-50(3,4)5)46-54-44-41-39-37-35-33-17-15-13-11-9-7-2/h21-22,48H,6-20,23-47H2,1-5H3/p+1/b22-21-. The van der Waals surface area contributed by atoms with Crippen LogP contribution in [-0.4, -0.2) is 75.6 Å². The normalized spacial score (nSPS) is 13.7. The van der Waals surface area contributed by atoms with Crippen LogP contribution in [0.2, 0.25) is 0 Å². The molecule has 346 valence electrons. The van der Waals surface area contributed by atoms with Crippen molar-refractivity contribution in [2.75, 3.05) is 54.1 Å². The zero-order valence-corrected chi connectivity index (χ0v) is 40.2. The van der Waals surface area contributed by atoms with Crippen molar-refractivity contribution >= 4 is 13.8 Å². The molecule has 8 nitrogen and oxygen atoms in total. The topological polar surface area (TPSA) is 91.3 Å². The third-order valence-electron chi connectivity index (χ3n) is 11.1. The first kappa shape index (κ1) is 57.2. The van der Waals surface area contributed by atoms with E-state index in [1.807, 2.05) is 21.1 Å². The molecule has 2 atom stereocenters. The van der Waals surface area contributed by atoms with E-state index >= 15 is 0 Å². The van der Waals surface area contributed by atoms with E-state index in [9.17, 15) is 14.3 Å². The number of nitrogens with zero attached hydrogens (tertiary/aromatic N) is 1. The first-order valence-corrected chi connectivity index (χ1v) is 26.4. The number of rotatable bonds is 47. The number of esters is 1.